The highest BCUT2D eigenvalue weighted by molar-refractivity contribution is 7.89. The summed E-state index contributed by atoms with van der Waals surface area (Å²) >= 11 is 0. The van der Waals surface area contributed by atoms with Crippen molar-refractivity contribution in [2.45, 2.75) is 37.1 Å². The highest BCUT2D eigenvalue weighted by Crippen LogP contribution is 2.38. The van der Waals surface area contributed by atoms with E-state index in [1.165, 1.54) is 12.1 Å². The van der Waals surface area contributed by atoms with E-state index in [9.17, 15) is 13.2 Å². The molecule has 2 rings (SSSR count). The number of nitrogens with zero attached hydrogens (tertiary/aromatic N) is 2. The minimum Gasteiger partial charge on any atom is -0.355 e. The lowest BCUT2D eigenvalue weighted by Crippen LogP contribution is -2.49. The predicted octanol–water partition coefficient (Wildman–Crippen LogP) is 0.648. The summed E-state index contributed by atoms with van der Waals surface area (Å²) in [5.41, 5.74) is 0.374. The van der Waals surface area contributed by atoms with E-state index < -0.39 is 15.4 Å². The molecule has 0 heterocycles. The number of nitrogens with one attached hydrogen (secondary N) is 2. The van der Waals surface area contributed by atoms with Gasteiger partial charge in [0, 0.05) is 34.2 Å². The molecule has 1 fully saturated rings. The molecule has 1 aromatic carbocycles. The van der Waals surface area contributed by atoms with Crippen molar-refractivity contribution in [1.29, 1.82) is 0 Å². The monoisotopic (exact) mass is 395 g/mol. The molecule has 1 aliphatic rings. The van der Waals surface area contributed by atoms with Crippen LogP contribution in [0, 0.1) is 5.41 Å². The minimum absolute atomic E-state index is 0.0752. The van der Waals surface area contributed by atoms with Gasteiger partial charge < -0.3 is 15.5 Å². The van der Waals surface area contributed by atoms with E-state index in [1.807, 2.05) is 6.07 Å². The number of hydrogen-bond acceptors (Lipinski definition) is 4. The lowest BCUT2D eigenvalue weighted by Gasteiger charge is -2.31. The molecule has 0 atom stereocenters. The molecule has 0 aliphatic heterocycles. The van der Waals surface area contributed by atoms with Crippen molar-refractivity contribution in [3.05, 3.63) is 29.8 Å². The normalized spacial score (nSPS) is 16.8. The van der Waals surface area contributed by atoms with Gasteiger partial charge in [-0.05, 0) is 30.5 Å². The maximum absolute atomic E-state index is 12.6. The van der Waals surface area contributed by atoms with Crippen LogP contribution in [0.4, 0.5) is 0 Å². The Morgan fingerprint density at radius 2 is 1.93 bits per heavy atom. The zero-order valence-electron chi connectivity index (χ0n) is 16.2. The average molecular weight is 396 g/mol. The summed E-state index contributed by atoms with van der Waals surface area (Å²) in [5.74, 6) is 0.706. The molecule has 0 radical (unpaired) electrons. The molecule has 0 saturated heterocycles. The van der Waals surface area contributed by atoms with Crippen molar-refractivity contribution in [1.82, 2.24) is 15.5 Å². The maximum Gasteiger partial charge on any atom is 0.238 e. The van der Waals surface area contributed by atoms with E-state index >= 15 is 0 Å². The van der Waals surface area contributed by atoms with Gasteiger partial charge in [-0.25, -0.2) is 13.6 Å². The second-order valence-electron chi connectivity index (χ2n) is 7.16. The molecule has 1 saturated carbocycles. The molecule has 0 unspecified atom stereocenters. The van der Waals surface area contributed by atoms with Crippen LogP contribution in [0.1, 0.15) is 31.2 Å². The number of rotatable bonds is 6. The SMILES string of the molecule is CN=C(NCc1cccc(S(N)(=O)=O)c1)NCC1(C(=O)N(C)C)CCCC1. The molecule has 0 bridgehead atoms. The summed E-state index contributed by atoms with van der Waals surface area (Å²) in [4.78, 5) is 18.6. The predicted molar refractivity (Wildman–Crippen MR) is 106 cm³/mol. The molecular formula is C18H29N5O3S. The van der Waals surface area contributed by atoms with Crippen LogP contribution in [0.15, 0.2) is 34.2 Å². The van der Waals surface area contributed by atoms with Crippen LogP contribution >= 0.6 is 0 Å². The van der Waals surface area contributed by atoms with Crippen molar-refractivity contribution in [2.75, 3.05) is 27.7 Å². The van der Waals surface area contributed by atoms with E-state index in [4.69, 9.17) is 5.14 Å². The molecule has 9 heteroatoms. The van der Waals surface area contributed by atoms with Crippen LogP contribution in [0.25, 0.3) is 0 Å². The summed E-state index contributed by atoms with van der Waals surface area (Å²) in [6.07, 6.45) is 3.83. The number of hydrogen-bond donors (Lipinski definition) is 3. The van der Waals surface area contributed by atoms with E-state index in [0.29, 0.717) is 19.0 Å². The van der Waals surface area contributed by atoms with Crippen LogP contribution in [0.3, 0.4) is 0 Å². The number of carbonyl (C=O) groups excluding carboxylic acids is 1. The molecule has 27 heavy (non-hydrogen) atoms. The van der Waals surface area contributed by atoms with Gasteiger partial charge in [0.1, 0.15) is 0 Å². The Morgan fingerprint density at radius 1 is 1.26 bits per heavy atom. The third-order valence-corrected chi connectivity index (χ3v) is 5.84. The molecule has 0 aromatic heterocycles. The summed E-state index contributed by atoms with van der Waals surface area (Å²) in [5, 5.41) is 11.6. The number of benzene rings is 1. The number of primary sulfonamides is 1. The van der Waals surface area contributed by atoms with Crippen LogP contribution in [0.5, 0.6) is 0 Å². The number of guanidine groups is 1. The number of carbonyl (C=O) groups is 1. The van der Waals surface area contributed by atoms with Gasteiger partial charge in [0.15, 0.2) is 5.96 Å². The van der Waals surface area contributed by atoms with Crippen LogP contribution in [-0.4, -0.2) is 52.9 Å². The molecule has 0 spiro atoms. The minimum atomic E-state index is -3.73. The third-order valence-electron chi connectivity index (χ3n) is 4.93. The van der Waals surface area contributed by atoms with Crippen LogP contribution in [-0.2, 0) is 21.4 Å². The fourth-order valence-electron chi connectivity index (χ4n) is 3.48. The van der Waals surface area contributed by atoms with Crippen molar-refractivity contribution in [3.63, 3.8) is 0 Å². The second kappa shape index (κ2) is 8.71. The number of nitrogens with two attached hydrogens (primary N) is 1. The number of amides is 1. The Hall–Kier alpha value is -2.13. The molecular weight excluding hydrogens is 366 g/mol. The topological polar surface area (TPSA) is 117 Å². The Kier molecular flexibility index (Phi) is 6.83. The second-order valence-corrected chi connectivity index (χ2v) is 8.72. The van der Waals surface area contributed by atoms with Crippen molar-refractivity contribution in [3.8, 4) is 0 Å². The van der Waals surface area contributed by atoms with E-state index in [2.05, 4.69) is 15.6 Å². The van der Waals surface area contributed by atoms with Crippen molar-refractivity contribution in [2.24, 2.45) is 15.5 Å². The maximum atomic E-state index is 12.6. The quantitative estimate of drug-likeness (QED) is 0.483. The lowest BCUT2D eigenvalue weighted by molar-refractivity contribution is -0.138. The highest BCUT2D eigenvalue weighted by Gasteiger charge is 2.42. The number of sulfonamides is 1. The van der Waals surface area contributed by atoms with E-state index in [0.717, 1.165) is 31.2 Å². The lowest BCUT2D eigenvalue weighted by atomic mass is 9.84. The van der Waals surface area contributed by atoms with Gasteiger partial charge >= 0.3 is 0 Å². The molecule has 150 valence electrons. The summed E-state index contributed by atoms with van der Waals surface area (Å²) < 4.78 is 22.9. The fraction of sp³-hybridized carbons (Fsp3) is 0.556. The van der Waals surface area contributed by atoms with E-state index in [-0.39, 0.29) is 10.8 Å². The van der Waals surface area contributed by atoms with Gasteiger partial charge in [-0.3, -0.25) is 9.79 Å². The number of aliphatic imine (C=N–C) groups is 1. The van der Waals surface area contributed by atoms with Gasteiger partial charge in [0.25, 0.3) is 0 Å². The van der Waals surface area contributed by atoms with Crippen LogP contribution in [0.2, 0.25) is 0 Å². The molecule has 8 nitrogen and oxygen atoms in total. The molecule has 4 N–H and O–H groups in total. The first-order chi connectivity index (χ1) is 12.7. The van der Waals surface area contributed by atoms with Crippen molar-refractivity contribution < 1.29 is 13.2 Å². The first-order valence-electron chi connectivity index (χ1n) is 8.96. The largest absolute Gasteiger partial charge is 0.355 e. The van der Waals surface area contributed by atoms with Crippen LogP contribution < -0.4 is 15.8 Å². The van der Waals surface area contributed by atoms with E-state index in [1.54, 1.807) is 32.1 Å². The third kappa shape index (κ3) is 5.43. The molecule has 1 aromatic rings. The van der Waals surface area contributed by atoms with Gasteiger partial charge in [0.05, 0.1) is 10.3 Å². The Bertz CT molecular complexity index is 799. The van der Waals surface area contributed by atoms with Crippen molar-refractivity contribution >= 4 is 21.9 Å². The first kappa shape index (κ1) is 21.2. The summed E-state index contributed by atoms with van der Waals surface area (Å²) in [6, 6.07) is 6.45. The Labute approximate surface area is 161 Å². The Balaban J connectivity index is 1.99. The average Bonchev–Trinajstić information content (AvgIpc) is 3.10. The van der Waals surface area contributed by atoms with Gasteiger partial charge in [0.2, 0.25) is 15.9 Å². The molecule has 1 aliphatic carbocycles. The summed E-state index contributed by atoms with van der Waals surface area (Å²) in [6.45, 7) is 0.901. The van der Waals surface area contributed by atoms with Gasteiger partial charge in [-0.1, -0.05) is 25.0 Å². The standard InChI is InChI=1S/C18H29N5O3S/c1-20-17(21-12-14-7-6-8-15(11-14)27(19,25)26)22-13-18(9-4-5-10-18)16(24)23(2)3/h6-8,11H,4-5,9-10,12-13H2,1-3H3,(H2,19,25,26)(H2,20,21,22). The first-order valence-corrected chi connectivity index (χ1v) is 10.5. The highest BCUT2D eigenvalue weighted by atomic mass is 32.2. The van der Waals surface area contributed by atoms with Gasteiger partial charge in [-0.15, -0.1) is 0 Å². The zero-order chi connectivity index (χ0) is 20.1. The fourth-order valence-corrected chi connectivity index (χ4v) is 4.07. The summed E-state index contributed by atoms with van der Waals surface area (Å²) in [7, 11) is 1.50. The Morgan fingerprint density at radius 3 is 2.48 bits per heavy atom. The van der Waals surface area contributed by atoms with Gasteiger partial charge in [-0.2, -0.15) is 0 Å². The molecule has 1 amide bonds. The smallest absolute Gasteiger partial charge is 0.238 e. The zero-order valence-corrected chi connectivity index (χ0v) is 17.0.